The zero-order valence-electron chi connectivity index (χ0n) is 10.5. The molecule has 0 aliphatic rings. The average molecular weight is 326 g/mol. The molecule has 1 heterocycles. The zero-order valence-corrected chi connectivity index (χ0v) is 12.9. The summed E-state index contributed by atoms with van der Waals surface area (Å²) in [4.78, 5) is 1.23. The Labute approximate surface area is 120 Å². The SMILES string of the molecule is CCNC(Cc1ccccc1Br)c1snnc1C. The number of rotatable bonds is 5. The standard InChI is InChI=1S/C13H16BrN3S/c1-3-15-12(13-9(2)16-17-18-13)8-10-6-4-5-7-11(10)14/h4-7,12,15H,3,8H2,1-2H3. The van der Waals surface area contributed by atoms with Crippen molar-refractivity contribution >= 4 is 27.5 Å². The molecule has 0 spiro atoms. The highest BCUT2D eigenvalue weighted by molar-refractivity contribution is 9.10. The normalized spacial score (nSPS) is 12.6. The molecule has 0 aliphatic heterocycles. The maximum atomic E-state index is 4.10. The number of hydrogen-bond acceptors (Lipinski definition) is 4. The third-order valence-electron chi connectivity index (χ3n) is 2.84. The van der Waals surface area contributed by atoms with Gasteiger partial charge in [-0.3, -0.25) is 0 Å². The van der Waals surface area contributed by atoms with Crippen LogP contribution in [0.3, 0.4) is 0 Å². The van der Waals surface area contributed by atoms with Crippen molar-refractivity contribution in [2.75, 3.05) is 6.54 Å². The lowest BCUT2D eigenvalue weighted by atomic mass is 10.0. The zero-order chi connectivity index (χ0) is 13.0. The van der Waals surface area contributed by atoms with Crippen LogP contribution in [0.15, 0.2) is 28.7 Å². The quantitative estimate of drug-likeness (QED) is 0.914. The minimum Gasteiger partial charge on any atom is -0.309 e. The van der Waals surface area contributed by atoms with Crippen LogP contribution in [-0.4, -0.2) is 16.1 Å². The van der Waals surface area contributed by atoms with Gasteiger partial charge in [-0.15, -0.1) is 5.10 Å². The van der Waals surface area contributed by atoms with E-state index in [1.807, 2.05) is 13.0 Å². The van der Waals surface area contributed by atoms with Gasteiger partial charge in [0, 0.05) is 10.5 Å². The molecule has 18 heavy (non-hydrogen) atoms. The van der Waals surface area contributed by atoms with Gasteiger partial charge in [0.2, 0.25) is 0 Å². The van der Waals surface area contributed by atoms with Crippen LogP contribution < -0.4 is 5.32 Å². The molecule has 0 bridgehead atoms. The highest BCUT2D eigenvalue weighted by atomic mass is 79.9. The number of likely N-dealkylation sites (N-methyl/N-ethyl adjacent to an activating group) is 1. The van der Waals surface area contributed by atoms with E-state index in [0.717, 1.165) is 23.1 Å². The Kier molecular flexibility index (Phi) is 4.86. The molecule has 0 saturated carbocycles. The van der Waals surface area contributed by atoms with E-state index in [9.17, 15) is 0 Å². The lowest BCUT2D eigenvalue weighted by Crippen LogP contribution is -2.23. The molecule has 1 N–H and O–H groups in total. The van der Waals surface area contributed by atoms with Crippen LogP contribution >= 0.6 is 27.5 Å². The second-order valence-corrected chi connectivity index (χ2v) is 5.77. The topological polar surface area (TPSA) is 37.8 Å². The molecule has 5 heteroatoms. The summed E-state index contributed by atoms with van der Waals surface area (Å²) in [5.41, 5.74) is 2.33. The first-order valence-electron chi connectivity index (χ1n) is 5.98. The second-order valence-electron chi connectivity index (χ2n) is 4.13. The monoisotopic (exact) mass is 325 g/mol. The largest absolute Gasteiger partial charge is 0.309 e. The Morgan fingerprint density at radius 3 is 2.78 bits per heavy atom. The summed E-state index contributed by atoms with van der Waals surface area (Å²) in [7, 11) is 0. The fraction of sp³-hybridized carbons (Fsp3) is 0.385. The van der Waals surface area contributed by atoms with Crippen LogP contribution in [0.1, 0.15) is 29.1 Å². The summed E-state index contributed by atoms with van der Waals surface area (Å²) in [6, 6.07) is 8.62. The lowest BCUT2D eigenvalue weighted by molar-refractivity contribution is 0.554. The summed E-state index contributed by atoms with van der Waals surface area (Å²) in [6.07, 6.45) is 0.944. The molecule has 96 valence electrons. The maximum Gasteiger partial charge on any atom is 0.0772 e. The summed E-state index contributed by atoms with van der Waals surface area (Å²) < 4.78 is 5.18. The molecular weight excluding hydrogens is 310 g/mol. The van der Waals surface area contributed by atoms with Gasteiger partial charge >= 0.3 is 0 Å². The van der Waals surface area contributed by atoms with Crippen molar-refractivity contribution in [1.82, 2.24) is 14.9 Å². The number of nitrogens with one attached hydrogen (secondary N) is 1. The first kappa shape index (κ1) is 13.6. The second kappa shape index (κ2) is 6.41. The Balaban J connectivity index is 2.22. The van der Waals surface area contributed by atoms with Crippen molar-refractivity contribution in [3.05, 3.63) is 44.9 Å². The number of benzene rings is 1. The molecule has 0 fully saturated rings. The van der Waals surface area contributed by atoms with Crippen LogP contribution in [0.5, 0.6) is 0 Å². The van der Waals surface area contributed by atoms with Crippen molar-refractivity contribution in [1.29, 1.82) is 0 Å². The van der Waals surface area contributed by atoms with Gasteiger partial charge in [0.25, 0.3) is 0 Å². The molecule has 1 atom stereocenters. The highest BCUT2D eigenvalue weighted by Gasteiger charge is 2.17. The number of halogens is 1. The van der Waals surface area contributed by atoms with Crippen molar-refractivity contribution in [3.8, 4) is 0 Å². The molecule has 2 rings (SSSR count). The molecule has 1 unspecified atom stereocenters. The Morgan fingerprint density at radius 1 is 1.39 bits per heavy atom. The fourth-order valence-corrected chi connectivity index (χ4v) is 3.11. The van der Waals surface area contributed by atoms with E-state index in [0.29, 0.717) is 0 Å². The van der Waals surface area contributed by atoms with Gasteiger partial charge in [-0.1, -0.05) is 45.5 Å². The molecule has 3 nitrogen and oxygen atoms in total. The maximum absolute atomic E-state index is 4.10. The predicted octanol–water partition coefficient (Wildman–Crippen LogP) is 3.50. The van der Waals surface area contributed by atoms with Crippen molar-refractivity contribution < 1.29 is 0 Å². The van der Waals surface area contributed by atoms with Gasteiger partial charge in [-0.05, 0) is 43.1 Å². The molecule has 1 aromatic heterocycles. The Bertz CT molecular complexity index is 512. The fourth-order valence-electron chi connectivity index (χ4n) is 1.94. The number of nitrogens with zero attached hydrogens (tertiary/aromatic N) is 2. The molecule has 0 saturated heterocycles. The van der Waals surface area contributed by atoms with Gasteiger partial charge in [-0.25, -0.2) is 0 Å². The predicted molar refractivity (Wildman–Crippen MR) is 78.9 cm³/mol. The summed E-state index contributed by atoms with van der Waals surface area (Å²) in [5, 5.41) is 7.61. The first-order chi connectivity index (χ1) is 8.72. The van der Waals surface area contributed by atoms with E-state index in [1.165, 1.54) is 22.0 Å². The van der Waals surface area contributed by atoms with E-state index in [2.05, 4.69) is 56.0 Å². The van der Waals surface area contributed by atoms with Gasteiger partial charge in [0.15, 0.2) is 0 Å². The van der Waals surface area contributed by atoms with E-state index < -0.39 is 0 Å². The van der Waals surface area contributed by atoms with Crippen molar-refractivity contribution in [2.45, 2.75) is 26.3 Å². The number of hydrogen-bond donors (Lipinski definition) is 1. The molecule has 0 amide bonds. The summed E-state index contributed by atoms with van der Waals surface area (Å²) in [6.45, 7) is 5.08. The molecule has 0 radical (unpaired) electrons. The van der Waals surface area contributed by atoms with Crippen LogP contribution in [0, 0.1) is 6.92 Å². The molecular formula is C13H16BrN3S. The van der Waals surface area contributed by atoms with Gasteiger partial charge in [-0.2, -0.15) is 0 Å². The van der Waals surface area contributed by atoms with Crippen LogP contribution in [-0.2, 0) is 6.42 Å². The number of aryl methyl sites for hydroxylation is 1. The third kappa shape index (κ3) is 3.16. The molecule has 1 aromatic carbocycles. The molecule has 2 aromatic rings. The average Bonchev–Trinajstić information content (AvgIpc) is 2.78. The summed E-state index contributed by atoms with van der Waals surface area (Å²) >= 11 is 5.09. The van der Waals surface area contributed by atoms with Gasteiger partial charge in [0.1, 0.15) is 0 Å². The first-order valence-corrected chi connectivity index (χ1v) is 7.54. The van der Waals surface area contributed by atoms with Crippen molar-refractivity contribution in [3.63, 3.8) is 0 Å². The minimum absolute atomic E-state index is 0.286. The minimum atomic E-state index is 0.286. The Morgan fingerprint density at radius 2 is 2.17 bits per heavy atom. The third-order valence-corrected chi connectivity index (χ3v) is 4.55. The van der Waals surface area contributed by atoms with E-state index in [4.69, 9.17) is 0 Å². The van der Waals surface area contributed by atoms with E-state index in [1.54, 1.807) is 0 Å². The van der Waals surface area contributed by atoms with E-state index >= 15 is 0 Å². The summed E-state index contributed by atoms with van der Waals surface area (Å²) in [5.74, 6) is 0. The number of aromatic nitrogens is 2. The van der Waals surface area contributed by atoms with Crippen LogP contribution in [0.2, 0.25) is 0 Å². The van der Waals surface area contributed by atoms with E-state index in [-0.39, 0.29) is 6.04 Å². The van der Waals surface area contributed by atoms with Gasteiger partial charge in [0.05, 0.1) is 10.6 Å². The van der Waals surface area contributed by atoms with Crippen molar-refractivity contribution in [2.24, 2.45) is 0 Å². The van der Waals surface area contributed by atoms with Gasteiger partial charge < -0.3 is 5.32 Å². The highest BCUT2D eigenvalue weighted by Crippen LogP contribution is 2.26. The van der Waals surface area contributed by atoms with Crippen LogP contribution in [0.4, 0.5) is 0 Å². The Hall–Kier alpha value is -0.780. The molecule has 0 aliphatic carbocycles. The lowest BCUT2D eigenvalue weighted by Gasteiger charge is -2.17. The smallest absolute Gasteiger partial charge is 0.0772 e. The van der Waals surface area contributed by atoms with Crippen LogP contribution in [0.25, 0.3) is 0 Å².